The van der Waals surface area contributed by atoms with Crippen LogP contribution in [0.15, 0.2) is 30.6 Å². The van der Waals surface area contributed by atoms with Crippen LogP contribution in [0.1, 0.15) is 23.2 Å². The van der Waals surface area contributed by atoms with Crippen molar-refractivity contribution in [1.29, 1.82) is 0 Å². The Morgan fingerprint density at radius 2 is 2.04 bits per heavy atom. The van der Waals surface area contributed by atoms with Crippen LogP contribution in [0.2, 0.25) is 0 Å². The number of hydrogen-bond acceptors (Lipinski definition) is 5. The van der Waals surface area contributed by atoms with Gasteiger partial charge in [0.05, 0.1) is 6.54 Å². The minimum absolute atomic E-state index is 0.0925. The molecule has 2 aromatic rings. The lowest BCUT2D eigenvalue weighted by atomic mass is 10.3. The monoisotopic (exact) mass is 315 g/mol. The summed E-state index contributed by atoms with van der Waals surface area (Å²) >= 11 is 0. The van der Waals surface area contributed by atoms with Crippen molar-refractivity contribution in [2.75, 3.05) is 31.1 Å². The zero-order chi connectivity index (χ0) is 16.2. The number of carbonyl (C=O) groups is 1. The zero-order valence-corrected chi connectivity index (χ0v) is 13.2. The molecule has 2 aromatic heterocycles. The molecule has 3 rings (SSSR count). The predicted octanol–water partition coefficient (Wildman–Crippen LogP) is 1.32. The fraction of sp³-hybridized carbons (Fsp3) is 0.438. The Morgan fingerprint density at radius 1 is 1.26 bits per heavy atom. The van der Waals surface area contributed by atoms with Gasteiger partial charge in [0.15, 0.2) is 5.69 Å². The van der Waals surface area contributed by atoms with Gasteiger partial charge in [-0.25, -0.2) is 14.8 Å². The Labute approximate surface area is 135 Å². The minimum atomic E-state index is -0.989. The van der Waals surface area contributed by atoms with E-state index in [0.29, 0.717) is 0 Å². The first-order valence-electron chi connectivity index (χ1n) is 7.85. The van der Waals surface area contributed by atoms with Crippen molar-refractivity contribution >= 4 is 11.8 Å². The van der Waals surface area contributed by atoms with Gasteiger partial charge in [-0.05, 0) is 19.1 Å². The van der Waals surface area contributed by atoms with Gasteiger partial charge in [-0.2, -0.15) is 0 Å². The zero-order valence-electron chi connectivity index (χ0n) is 13.2. The molecule has 1 fully saturated rings. The molecule has 3 heterocycles. The summed E-state index contributed by atoms with van der Waals surface area (Å²) in [6.07, 6.45) is 3.85. The van der Waals surface area contributed by atoms with Gasteiger partial charge in [0.2, 0.25) is 0 Å². The van der Waals surface area contributed by atoms with E-state index in [1.807, 2.05) is 18.5 Å². The molecule has 0 amide bonds. The number of aromatic nitrogens is 3. The molecule has 7 nitrogen and oxygen atoms in total. The van der Waals surface area contributed by atoms with Crippen LogP contribution in [0, 0.1) is 0 Å². The molecule has 0 unspecified atom stereocenters. The lowest BCUT2D eigenvalue weighted by Gasteiger charge is -2.35. The summed E-state index contributed by atoms with van der Waals surface area (Å²) in [4.78, 5) is 24.2. The van der Waals surface area contributed by atoms with Gasteiger partial charge in [0.1, 0.15) is 11.6 Å². The van der Waals surface area contributed by atoms with E-state index in [0.717, 1.165) is 50.9 Å². The molecule has 0 aromatic carbocycles. The van der Waals surface area contributed by atoms with Crippen LogP contribution in [0.25, 0.3) is 0 Å². The Kier molecular flexibility index (Phi) is 4.57. The predicted molar refractivity (Wildman–Crippen MR) is 86.6 cm³/mol. The summed E-state index contributed by atoms with van der Waals surface area (Å²) in [6.45, 7) is 7.39. The Bertz CT molecular complexity index is 677. The molecule has 1 saturated heterocycles. The number of aryl methyl sites for hydroxylation is 1. The SMILES string of the molecule is CCn1ccnc1CN1CCN(c2cccc(C(=O)O)n2)CC1. The number of rotatable bonds is 5. The van der Waals surface area contributed by atoms with E-state index < -0.39 is 5.97 Å². The van der Waals surface area contributed by atoms with Gasteiger partial charge < -0.3 is 14.6 Å². The normalized spacial score (nSPS) is 15.8. The number of imidazole rings is 1. The number of carboxylic acid groups (broad SMARTS) is 1. The van der Waals surface area contributed by atoms with Gasteiger partial charge in [-0.15, -0.1) is 0 Å². The van der Waals surface area contributed by atoms with Crippen LogP contribution >= 0.6 is 0 Å². The molecule has 1 aliphatic rings. The molecule has 0 aliphatic carbocycles. The smallest absolute Gasteiger partial charge is 0.354 e. The summed E-state index contributed by atoms with van der Waals surface area (Å²) < 4.78 is 2.16. The highest BCUT2D eigenvalue weighted by atomic mass is 16.4. The van der Waals surface area contributed by atoms with Crippen LogP contribution in [0.4, 0.5) is 5.82 Å². The summed E-state index contributed by atoms with van der Waals surface area (Å²) in [5.41, 5.74) is 0.0925. The van der Waals surface area contributed by atoms with Crippen LogP contribution in [-0.2, 0) is 13.1 Å². The molecule has 0 radical (unpaired) electrons. The third-order valence-electron chi connectivity index (χ3n) is 4.16. The third kappa shape index (κ3) is 3.50. The second kappa shape index (κ2) is 6.78. The second-order valence-electron chi connectivity index (χ2n) is 5.58. The van der Waals surface area contributed by atoms with E-state index in [1.165, 1.54) is 6.07 Å². The summed E-state index contributed by atoms with van der Waals surface area (Å²) in [5.74, 6) is 0.837. The first-order valence-corrected chi connectivity index (χ1v) is 7.85. The van der Waals surface area contributed by atoms with Gasteiger partial charge in [0.25, 0.3) is 0 Å². The highest BCUT2D eigenvalue weighted by Crippen LogP contribution is 2.15. The number of hydrogen-bond donors (Lipinski definition) is 1. The van der Waals surface area contributed by atoms with Crippen molar-refractivity contribution in [1.82, 2.24) is 19.4 Å². The third-order valence-corrected chi connectivity index (χ3v) is 4.16. The summed E-state index contributed by atoms with van der Waals surface area (Å²) in [6, 6.07) is 5.13. The van der Waals surface area contributed by atoms with E-state index in [4.69, 9.17) is 5.11 Å². The molecule has 0 bridgehead atoms. The molecular weight excluding hydrogens is 294 g/mol. The molecule has 7 heteroatoms. The van der Waals surface area contributed by atoms with Crippen LogP contribution < -0.4 is 4.90 Å². The fourth-order valence-electron chi connectivity index (χ4n) is 2.83. The van der Waals surface area contributed by atoms with Crippen LogP contribution in [0.3, 0.4) is 0 Å². The maximum absolute atomic E-state index is 11.0. The van der Waals surface area contributed by atoms with Gasteiger partial charge in [-0.3, -0.25) is 4.90 Å². The van der Waals surface area contributed by atoms with Crippen molar-refractivity contribution in [3.05, 3.63) is 42.1 Å². The number of nitrogens with zero attached hydrogens (tertiary/aromatic N) is 5. The number of pyridine rings is 1. The Hall–Kier alpha value is -2.41. The molecule has 0 atom stereocenters. The average molecular weight is 315 g/mol. The quantitative estimate of drug-likeness (QED) is 0.897. The van der Waals surface area contributed by atoms with Crippen molar-refractivity contribution < 1.29 is 9.90 Å². The lowest BCUT2D eigenvalue weighted by molar-refractivity contribution is 0.0690. The van der Waals surface area contributed by atoms with Gasteiger partial charge in [-0.1, -0.05) is 6.07 Å². The van der Waals surface area contributed by atoms with Crippen LogP contribution in [0.5, 0.6) is 0 Å². The first-order chi connectivity index (χ1) is 11.2. The van der Waals surface area contributed by atoms with E-state index in [1.54, 1.807) is 6.07 Å². The van der Waals surface area contributed by atoms with Crippen LogP contribution in [-0.4, -0.2) is 56.7 Å². The highest BCUT2D eigenvalue weighted by Gasteiger charge is 2.20. The Balaban J connectivity index is 1.60. The average Bonchev–Trinajstić information content (AvgIpc) is 3.03. The van der Waals surface area contributed by atoms with E-state index in [9.17, 15) is 4.79 Å². The number of piperazine rings is 1. The molecule has 0 saturated carbocycles. The summed E-state index contributed by atoms with van der Waals surface area (Å²) in [7, 11) is 0. The molecular formula is C16H21N5O2. The largest absolute Gasteiger partial charge is 0.477 e. The summed E-state index contributed by atoms with van der Waals surface area (Å²) in [5, 5.41) is 9.04. The number of anilines is 1. The van der Waals surface area contributed by atoms with E-state index >= 15 is 0 Å². The van der Waals surface area contributed by atoms with Gasteiger partial charge in [0, 0.05) is 45.1 Å². The van der Waals surface area contributed by atoms with Crippen molar-refractivity contribution in [3.63, 3.8) is 0 Å². The molecule has 1 aliphatic heterocycles. The first kappa shape index (κ1) is 15.5. The molecule has 23 heavy (non-hydrogen) atoms. The maximum atomic E-state index is 11.0. The Morgan fingerprint density at radius 3 is 2.74 bits per heavy atom. The van der Waals surface area contributed by atoms with E-state index in [2.05, 4.69) is 31.3 Å². The standard InChI is InChI=1S/C16H21N5O2/c1-2-20-7-6-17-15(20)12-19-8-10-21(11-9-19)14-5-3-4-13(18-14)16(22)23/h3-7H,2,8-12H2,1H3,(H,22,23). The van der Waals surface area contributed by atoms with Crippen molar-refractivity contribution in [3.8, 4) is 0 Å². The number of aromatic carboxylic acids is 1. The molecule has 122 valence electrons. The fourth-order valence-corrected chi connectivity index (χ4v) is 2.83. The number of carboxylic acids is 1. The topological polar surface area (TPSA) is 74.5 Å². The lowest BCUT2D eigenvalue weighted by Crippen LogP contribution is -2.46. The van der Waals surface area contributed by atoms with Crippen molar-refractivity contribution in [2.24, 2.45) is 0 Å². The molecule has 1 N–H and O–H groups in total. The minimum Gasteiger partial charge on any atom is -0.477 e. The highest BCUT2D eigenvalue weighted by molar-refractivity contribution is 5.85. The van der Waals surface area contributed by atoms with Crippen molar-refractivity contribution in [2.45, 2.75) is 20.0 Å². The van der Waals surface area contributed by atoms with Gasteiger partial charge >= 0.3 is 5.97 Å². The van der Waals surface area contributed by atoms with E-state index in [-0.39, 0.29) is 5.69 Å². The second-order valence-corrected chi connectivity index (χ2v) is 5.58. The maximum Gasteiger partial charge on any atom is 0.354 e. The molecule has 0 spiro atoms.